The molecule has 1 aromatic heterocycles. The number of carbonyl (C=O) groups excluding carboxylic acids is 1. The Hall–Kier alpha value is -3.84. The number of hydrogen-bond donors (Lipinski definition) is 1. The normalized spacial score (nSPS) is 10.5. The fourth-order valence-corrected chi connectivity index (χ4v) is 3.14. The summed E-state index contributed by atoms with van der Waals surface area (Å²) in [4.78, 5) is 12.3. The summed E-state index contributed by atoms with van der Waals surface area (Å²) in [6.45, 7) is -0.208. The fourth-order valence-electron chi connectivity index (χ4n) is 2.88. The lowest BCUT2D eigenvalue weighted by Gasteiger charge is -2.10. The highest BCUT2D eigenvalue weighted by atomic mass is 35.5. The highest BCUT2D eigenvalue weighted by Crippen LogP contribution is 2.31. The van der Waals surface area contributed by atoms with Crippen molar-refractivity contribution in [2.24, 2.45) is 0 Å². The Labute approximate surface area is 183 Å². The van der Waals surface area contributed by atoms with Gasteiger partial charge in [-0.15, -0.1) is 10.2 Å². The number of methoxy groups -OCH3 is 1. The van der Waals surface area contributed by atoms with Crippen LogP contribution in [-0.2, 0) is 4.79 Å². The molecule has 0 spiro atoms. The zero-order valence-corrected chi connectivity index (χ0v) is 17.3. The van der Waals surface area contributed by atoms with Gasteiger partial charge in [-0.05, 0) is 42.5 Å². The summed E-state index contributed by atoms with van der Waals surface area (Å²) < 4.78 is 16.6. The van der Waals surface area contributed by atoms with Gasteiger partial charge >= 0.3 is 0 Å². The first kappa shape index (κ1) is 20.4. The minimum Gasteiger partial charge on any atom is -0.495 e. The maximum absolute atomic E-state index is 12.3. The molecule has 156 valence electrons. The van der Waals surface area contributed by atoms with Crippen molar-refractivity contribution in [3.8, 4) is 34.4 Å². The van der Waals surface area contributed by atoms with Crippen molar-refractivity contribution in [3.05, 3.63) is 77.8 Å². The molecule has 0 radical (unpaired) electrons. The fraction of sp³-hybridized carbons (Fsp3) is 0.0870. The number of nitrogens with zero attached hydrogens (tertiary/aromatic N) is 2. The predicted molar refractivity (Wildman–Crippen MR) is 117 cm³/mol. The molecule has 31 heavy (non-hydrogen) atoms. The average molecular weight is 436 g/mol. The largest absolute Gasteiger partial charge is 0.495 e. The third-order valence-electron chi connectivity index (χ3n) is 4.36. The third kappa shape index (κ3) is 4.84. The number of anilines is 1. The number of nitrogens with one attached hydrogen (secondary N) is 1. The lowest BCUT2D eigenvalue weighted by molar-refractivity contribution is -0.118. The molecule has 1 heterocycles. The van der Waals surface area contributed by atoms with E-state index in [1.807, 2.05) is 36.4 Å². The highest BCUT2D eigenvalue weighted by Gasteiger charge is 2.15. The number of amides is 1. The average Bonchev–Trinajstić information content (AvgIpc) is 3.29. The summed E-state index contributed by atoms with van der Waals surface area (Å²) in [5, 5.41) is 11.4. The van der Waals surface area contributed by atoms with Gasteiger partial charge in [-0.1, -0.05) is 41.9 Å². The number of carbonyl (C=O) groups is 1. The van der Waals surface area contributed by atoms with Gasteiger partial charge in [0.25, 0.3) is 11.8 Å². The standard InChI is InChI=1S/C23H18ClN3O4/c1-29-20-12-11-16(13-18(20)24)25-21(28)14-30-19-10-6-5-9-17(19)23-27-26-22(31-23)15-7-3-2-4-8-15/h2-13H,14H2,1H3,(H,25,28). The number of ether oxygens (including phenoxy) is 2. The molecule has 8 heteroatoms. The van der Waals surface area contributed by atoms with Gasteiger partial charge in [0.05, 0.1) is 17.7 Å². The topological polar surface area (TPSA) is 86.5 Å². The highest BCUT2D eigenvalue weighted by molar-refractivity contribution is 6.32. The summed E-state index contributed by atoms with van der Waals surface area (Å²) in [6, 6.07) is 21.6. The number of benzene rings is 3. The van der Waals surface area contributed by atoms with Crippen molar-refractivity contribution < 1.29 is 18.7 Å². The lowest BCUT2D eigenvalue weighted by Crippen LogP contribution is -2.20. The molecule has 0 aliphatic heterocycles. The first-order valence-corrected chi connectivity index (χ1v) is 9.76. The van der Waals surface area contributed by atoms with Crippen molar-refractivity contribution in [2.45, 2.75) is 0 Å². The van der Waals surface area contributed by atoms with Gasteiger partial charge < -0.3 is 19.2 Å². The summed E-state index contributed by atoms with van der Waals surface area (Å²) >= 11 is 6.09. The van der Waals surface area contributed by atoms with E-state index in [4.69, 9.17) is 25.5 Å². The minimum absolute atomic E-state index is 0.208. The second-order valence-corrected chi connectivity index (χ2v) is 6.87. The molecular formula is C23H18ClN3O4. The number of aromatic nitrogens is 2. The van der Waals surface area contributed by atoms with Crippen molar-refractivity contribution in [1.29, 1.82) is 0 Å². The van der Waals surface area contributed by atoms with Crippen LogP contribution in [0.2, 0.25) is 5.02 Å². The molecule has 7 nitrogen and oxygen atoms in total. The van der Waals surface area contributed by atoms with E-state index in [1.54, 1.807) is 36.4 Å². The van der Waals surface area contributed by atoms with Crippen molar-refractivity contribution >= 4 is 23.2 Å². The monoisotopic (exact) mass is 435 g/mol. The molecule has 0 aliphatic rings. The SMILES string of the molecule is COc1ccc(NC(=O)COc2ccccc2-c2nnc(-c3ccccc3)o2)cc1Cl. The molecule has 3 aromatic carbocycles. The van der Waals surface area contributed by atoms with Crippen LogP contribution in [0.1, 0.15) is 0 Å². The maximum atomic E-state index is 12.3. The van der Waals surface area contributed by atoms with E-state index in [9.17, 15) is 4.79 Å². The van der Waals surface area contributed by atoms with E-state index in [0.29, 0.717) is 39.6 Å². The first-order chi connectivity index (χ1) is 15.1. The van der Waals surface area contributed by atoms with Crippen LogP contribution in [0.5, 0.6) is 11.5 Å². The molecule has 1 amide bonds. The van der Waals surface area contributed by atoms with Gasteiger partial charge in [0.2, 0.25) is 5.89 Å². The Balaban J connectivity index is 1.45. The van der Waals surface area contributed by atoms with Crippen LogP contribution in [0.3, 0.4) is 0 Å². The second kappa shape index (κ2) is 9.32. The minimum atomic E-state index is -0.341. The van der Waals surface area contributed by atoms with Crippen LogP contribution in [0.4, 0.5) is 5.69 Å². The zero-order valence-electron chi connectivity index (χ0n) is 16.5. The van der Waals surface area contributed by atoms with Crippen LogP contribution < -0.4 is 14.8 Å². The van der Waals surface area contributed by atoms with Gasteiger partial charge in [-0.25, -0.2) is 0 Å². The third-order valence-corrected chi connectivity index (χ3v) is 4.65. The van der Waals surface area contributed by atoms with Crippen molar-refractivity contribution in [2.75, 3.05) is 19.0 Å². The molecule has 0 bridgehead atoms. The van der Waals surface area contributed by atoms with E-state index >= 15 is 0 Å². The summed E-state index contributed by atoms with van der Waals surface area (Å²) in [5.41, 5.74) is 1.95. The predicted octanol–water partition coefficient (Wildman–Crippen LogP) is 5.08. The van der Waals surface area contributed by atoms with Crippen molar-refractivity contribution in [3.63, 3.8) is 0 Å². The van der Waals surface area contributed by atoms with E-state index in [1.165, 1.54) is 7.11 Å². The van der Waals surface area contributed by atoms with Crippen LogP contribution in [0, 0.1) is 0 Å². The molecule has 0 aliphatic carbocycles. The number of hydrogen-bond acceptors (Lipinski definition) is 6. The van der Waals surface area contributed by atoms with E-state index in [2.05, 4.69) is 15.5 Å². The van der Waals surface area contributed by atoms with Crippen molar-refractivity contribution in [1.82, 2.24) is 10.2 Å². The van der Waals surface area contributed by atoms with Crippen LogP contribution >= 0.6 is 11.6 Å². The molecule has 0 saturated heterocycles. The number of halogens is 1. The summed E-state index contributed by atoms with van der Waals surface area (Å²) in [6.07, 6.45) is 0. The molecule has 0 unspecified atom stereocenters. The van der Waals surface area contributed by atoms with Gasteiger partial charge in [0.1, 0.15) is 11.5 Å². The zero-order chi connectivity index (χ0) is 21.6. The van der Waals surface area contributed by atoms with Crippen LogP contribution in [-0.4, -0.2) is 29.8 Å². The first-order valence-electron chi connectivity index (χ1n) is 9.38. The Morgan fingerprint density at radius 1 is 0.968 bits per heavy atom. The molecule has 0 atom stereocenters. The Kier molecular flexibility index (Phi) is 6.14. The van der Waals surface area contributed by atoms with Gasteiger partial charge in [0.15, 0.2) is 6.61 Å². The van der Waals surface area contributed by atoms with E-state index < -0.39 is 0 Å². The smallest absolute Gasteiger partial charge is 0.262 e. The Morgan fingerprint density at radius 3 is 2.48 bits per heavy atom. The molecule has 4 rings (SSSR count). The van der Waals surface area contributed by atoms with Gasteiger partial charge in [-0.3, -0.25) is 4.79 Å². The van der Waals surface area contributed by atoms with Crippen LogP contribution in [0.25, 0.3) is 22.9 Å². The van der Waals surface area contributed by atoms with E-state index in [0.717, 1.165) is 5.56 Å². The quantitative estimate of drug-likeness (QED) is 0.435. The number of rotatable bonds is 7. The molecule has 0 saturated carbocycles. The summed E-state index contributed by atoms with van der Waals surface area (Å²) in [7, 11) is 1.52. The Morgan fingerprint density at radius 2 is 1.71 bits per heavy atom. The molecule has 1 N–H and O–H groups in total. The number of para-hydroxylation sites is 1. The Bertz CT molecular complexity index is 1190. The lowest BCUT2D eigenvalue weighted by atomic mass is 10.2. The maximum Gasteiger partial charge on any atom is 0.262 e. The molecule has 4 aromatic rings. The molecule has 0 fully saturated rings. The van der Waals surface area contributed by atoms with Gasteiger partial charge in [-0.2, -0.15) is 0 Å². The van der Waals surface area contributed by atoms with Gasteiger partial charge in [0, 0.05) is 11.3 Å². The van der Waals surface area contributed by atoms with Crippen LogP contribution in [0.15, 0.2) is 77.2 Å². The summed E-state index contributed by atoms with van der Waals surface area (Å²) in [5.74, 6) is 1.34. The second-order valence-electron chi connectivity index (χ2n) is 6.46. The van der Waals surface area contributed by atoms with E-state index in [-0.39, 0.29) is 12.5 Å². The molecular weight excluding hydrogens is 418 g/mol.